The predicted octanol–water partition coefficient (Wildman–Crippen LogP) is 4.21. The first-order valence-electron chi connectivity index (χ1n) is 5.68. The van der Waals surface area contributed by atoms with Crippen molar-refractivity contribution in [1.82, 2.24) is 0 Å². The Labute approximate surface area is 120 Å². The van der Waals surface area contributed by atoms with Gasteiger partial charge in [0.2, 0.25) is 0 Å². The molecule has 0 saturated carbocycles. The van der Waals surface area contributed by atoms with Gasteiger partial charge in [-0.15, -0.1) is 0 Å². The molecule has 0 amide bonds. The second kappa shape index (κ2) is 6.24. The highest BCUT2D eigenvalue weighted by molar-refractivity contribution is 6.42. The number of halogens is 3. The molecule has 2 N–H and O–H groups in total. The van der Waals surface area contributed by atoms with Gasteiger partial charge in [0.05, 0.1) is 5.02 Å². The van der Waals surface area contributed by atoms with E-state index in [0.717, 1.165) is 0 Å². The van der Waals surface area contributed by atoms with Gasteiger partial charge >= 0.3 is 0 Å². The third kappa shape index (κ3) is 3.38. The number of benzene rings is 2. The Kier molecular flexibility index (Phi) is 4.64. The molecule has 5 heteroatoms. The molecule has 1 unspecified atom stereocenters. The van der Waals surface area contributed by atoms with E-state index in [0.29, 0.717) is 21.4 Å². The second-order valence-electron chi connectivity index (χ2n) is 3.95. The van der Waals surface area contributed by atoms with E-state index >= 15 is 0 Å². The van der Waals surface area contributed by atoms with Crippen molar-refractivity contribution in [2.24, 2.45) is 5.73 Å². The first-order chi connectivity index (χ1) is 9.11. The van der Waals surface area contributed by atoms with Gasteiger partial charge in [-0.3, -0.25) is 0 Å². The predicted molar refractivity (Wildman–Crippen MR) is 75.3 cm³/mol. The molecule has 19 heavy (non-hydrogen) atoms. The summed E-state index contributed by atoms with van der Waals surface area (Å²) >= 11 is 11.9. The number of hydrogen-bond acceptors (Lipinski definition) is 2. The number of hydrogen-bond donors (Lipinski definition) is 1. The quantitative estimate of drug-likeness (QED) is 0.918. The van der Waals surface area contributed by atoms with Crippen LogP contribution in [0, 0.1) is 5.82 Å². The molecule has 2 rings (SSSR count). The molecule has 100 valence electrons. The largest absolute Gasteiger partial charge is 0.483 e. The summed E-state index contributed by atoms with van der Waals surface area (Å²) in [6.45, 7) is 0.201. The fraction of sp³-hybridized carbons (Fsp3) is 0.143. The van der Waals surface area contributed by atoms with Crippen LogP contribution in [-0.4, -0.2) is 6.54 Å². The van der Waals surface area contributed by atoms with E-state index < -0.39 is 6.10 Å². The molecule has 0 aromatic heterocycles. The Morgan fingerprint density at radius 3 is 2.58 bits per heavy atom. The third-order valence-electron chi connectivity index (χ3n) is 2.62. The molecular formula is C14H12Cl2FNO. The van der Waals surface area contributed by atoms with E-state index in [1.807, 2.05) is 0 Å². The Balaban J connectivity index is 2.26. The van der Waals surface area contributed by atoms with Crippen LogP contribution in [0.4, 0.5) is 4.39 Å². The van der Waals surface area contributed by atoms with Gasteiger partial charge in [-0.1, -0.05) is 41.4 Å². The van der Waals surface area contributed by atoms with E-state index in [9.17, 15) is 4.39 Å². The van der Waals surface area contributed by atoms with Gasteiger partial charge < -0.3 is 10.5 Å². The third-order valence-corrected chi connectivity index (χ3v) is 3.42. The lowest BCUT2D eigenvalue weighted by molar-refractivity contribution is 0.214. The summed E-state index contributed by atoms with van der Waals surface area (Å²) in [6.07, 6.45) is -0.480. The lowest BCUT2D eigenvalue weighted by atomic mass is 10.1. The SMILES string of the molecule is NCC(Oc1cccc(Cl)c1Cl)c1cccc(F)c1. The molecule has 0 aliphatic carbocycles. The van der Waals surface area contributed by atoms with Crippen molar-refractivity contribution in [2.75, 3.05) is 6.54 Å². The zero-order valence-electron chi connectivity index (χ0n) is 9.95. The first kappa shape index (κ1) is 14.1. The maximum Gasteiger partial charge on any atom is 0.140 e. The Morgan fingerprint density at radius 2 is 1.89 bits per heavy atom. The van der Waals surface area contributed by atoms with Gasteiger partial charge in [-0.05, 0) is 29.8 Å². The normalized spacial score (nSPS) is 12.2. The van der Waals surface area contributed by atoms with Crippen molar-refractivity contribution >= 4 is 23.2 Å². The van der Waals surface area contributed by atoms with Crippen LogP contribution in [-0.2, 0) is 0 Å². The monoisotopic (exact) mass is 299 g/mol. The standard InChI is InChI=1S/C14H12Cl2FNO/c15-11-5-2-6-12(14(11)16)19-13(8-18)9-3-1-4-10(17)7-9/h1-7,13H,8,18H2. The van der Waals surface area contributed by atoms with Gasteiger partial charge in [0, 0.05) is 6.54 Å². The Morgan fingerprint density at radius 1 is 1.16 bits per heavy atom. The molecule has 0 heterocycles. The molecule has 2 aromatic carbocycles. The van der Waals surface area contributed by atoms with Crippen LogP contribution in [0.25, 0.3) is 0 Å². The maximum absolute atomic E-state index is 13.2. The van der Waals surface area contributed by atoms with Gasteiger partial charge in [0.15, 0.2) is 0 Å². The number of rotatable bonds is 4. The summed E-state index contributed by atoms with van der Waals surface area (Å²) in [6, 6.07) is 11.2. The summed E-state index contributed by atoms with van der Waals surface area (Å²) in [5.74, 6) is 0.0885. The van der Waals surface area contributed by atoms with Crippen molar-refractivity contribution in [3.05, 3.63) is 63.9 Å². The smallest absolute Gasteiger partial charge is 0.140 e. The van der Waals surface area contributed by atoms with E-state index in [4.69, 9.17) is 33.7 Å². The van der Waals surface area contributed by atoms with E-state index in [-0.39, 0.29) is 12.4 Å². The number of nitrogens with two attached hydrogens (primary N) is 1. The van der Waals surface area contributed by atoms with Crippen molar-refractivity contribution in [1.29, 1.82) is 0 Å². The highest BCUT2D eigenvalue weighted by Crippen LogP contribution is 2.34. The summed E-state index contributed by atoms with van der Waals surface area (Å²) in [5, 5.41) is 0.716. The first-order valence-corrected chi connectivity index (χ1v) is 6.43. The topological polar surface area (TPSA) is 35.2 Å². The van der Waals surface area contributed by atoms with Crippen LogP contribution in [0.5, 0.6) is 5.75 Å². The molecule has 0 saturated heterocycles. The molecule has 0 aliphatic rings. The second-order valence-corrected chi connectivity index (χ2v) is 4.73. The van der Waals surface area contributed by atoms with Crippen LogP contribution < -0.4 is 10.5 Å². The van der Waals surface area contributed by atoms with Gasteiger partial charge in [-0.25, -0.2) is 4.39 Å². The summed E-state index contributed by atoms with van der Waals surface area (Å²) < 4.78 is 18.9. The molecule has 0 fully saturated rings. The molecule has 0 aliphatic heterocycles. The van der Waals surface area contributed by atoms with Crippen LogP contribution in [0.1, 0.15) is 11.7 Å². The van der Waals surface area contributed by atoms with Crippen molar-refractivity contribution in [3.63, 3.8) is 0 Å². The summed E-state index contributed by atoms with van der Waals surface area (Å²) in [5.41, 5.74) is 6.32. The van der Waals surface area contributed by atoms with Crippen molar-refractivity contribution < 1.29 is 9.13 Å². The Hall–Kier alpha value is -1.29. The zero-order chi connectivity index (χ0) is 13.8. The van der Waals surface area contributed by atoms with Crippen molar-refractivity contribution in [3.8, 4) is 5.75 Å². The van der Waals surface area contributed by atoms with E-state index in [2.05, 4.69) is 0 Å². The Bertz CT molecular complexity index is 577. The van der Waals surface area contributed by atoms with Crippen LogP contribution >= 0.6 is 23.2 Å². The van der Waals surface area contributed by atoms with Crippen LogP contribution in [0.2, 0.25) is 10.0 Å². The lowest BCUT2D eigenvalue weighted by Crippen LogP contribution is -2.18. The molecule has 1 atom stereocenters. The minimum absolute atomic E-state index is 0.201. The molecule has 2 aromatic rings. The molecule has 0 bridgehead atoms. The average Bonchev–Trinajstić information content (AvgIpc) is 2.40. The molecule has 0 spiro atoms. The van der Waals surface area contributed by atoms with Gasteiger partial charge in [-0.2, -0.15) is 0 Å². The van der Waals surface area contributed by atoms with E-state index in [1.54, 1.807) is 30.3 Å². The van der Waals surface area contributed by atoms with Crippen molar-refractivity contribution in [2.45, 2.75) is 6.10 Å². The van der Waals surface area contributed by atoms with Crippen LogP contribution in [0.3, 0.4) is 0 Å². The minimum atomic E-state index is -0.480. The highest BCUT2D eigenvalue weighted by Gasteiger charge is 2.15. The zero-order valence-corrected chi connectivity index (χ0v) is 11.5. The fourth-order valence-corrected chi connectivity index (χ4v) is 2.02. The van der Waals surface area contributed by atoms with E-state index in [1.165, 1.54) is 12.1 Å². The van der Waals surface area contributed by atoms with Gasteiger partial charge in [0.1, 0.15) is 22.7 Å². The molecule has 2 nitrogen and oxygen atoms in total. The molecular weight excluding hydrogens is 288 g/mol. The lowest BCUT2D eigenvalue weighted by Gasteiger charge is -2.19. The number of ether oxygens (including phenoxy) is 1. The minimum Gasteiger partial charge on any atom is -0.483 e. The van der Waals surface area contributed by atoms with Gasteiger partial charge in [0.25, 0.3) is 0 Å². The summed E-state index contributed by atoms with van der Waals surface area (Å²) in [4.78, 5) is 0. The fourth-order valence-electron chi connectivity index (χ4n) is 1.69. The van der Waals surface area contributed by atoms with Crippen LogP contribution in [0.15, 0.2) is 42.5 Å². The average molecular weight is 300 g/mol. The molecule has 0 radical (unpaired) electrons. The maximum atomic E-state index is 13.2. The summed E-state index contributed by atoms with van der Waals surface area (Å²) in [7, 11) is 0. The highest BCUT2D eigenvalue weighted by atomic mass is 35.5.